The van der Waals surface area contributed by atoms with E-state index in [0.29, 0.717) is 27.8 Å². The van der Waals surface area contributed by atoms with Crippen LogP contribution in [0.4, 0.5) is 20.3 Å². The largest absolute Gasteiger partial charge is 0.435 e. The predicted octanol–water partition coefficient (Wildman–Crippen LogP) is 4.12. The maximum atomic E-state index is 12.8. The fourth-order valence-electron chi connectivity index (χ4n) is 2.85. The van der Waals surface area contributed by atoms with Crippen molar-refractivity contribution in [3.63, 3.8) is 0 Å². The van der Waals surface area contributed by atoms with Crippen molar-refractivity contribution in [3.05, 3.63) is 72.1 Å². The summed E-state index contributed by atoms with van der Waals surface area (Å²) in [7, 11) is 3.61. The number of pyridine rings is 2. The molecule has 34 heavy (non-hydrogen) atoms. The number of carbonyl (C=O) groups is 2. The molecule has 2 N–H and O–H groups in total. The Balaban J connectivity index is 1.64. The number of hydrogen-bond acceptors (Lipinski definition) is 7. The summed E-state index contributed by atoms with van der Waals surface area (Å²) < 4.78 is 28.9. The van der Waals surface area contributed by atoms with Gasteiger partial charge in [0.15, 0.2) is 0 Å². The molecule has 2 heterocycles. The van der Waals surface area contributed by atoms with Crippen LogP contribution in [0.5, 0.6) is 5.75 Å². The highest BCUT2D eigenvalue weighted by Gasteiger charge is 2.14. The molecule has 0 atom stereocenters. The number of carbonyl (C=O) groups excluding carboxylic acids is 2. The van der Waals surface area contributed by atoms with E-state index in [9.17, 15) is 18.4 Å². The lowest BCUT2D eigenvalue weighted by Crippen LogP contribution is -2.27. The molecule has 0 saturated heterocycles. The first-order valence-corrected chi connectivity index (χ1v) is 11.1. The number of halogens is 2. The van der Waals surface area contributed by atoms with Crippen LogP contribution in [0.25, 0.3) is 0 Å². The van der Waals surface area contributed by atoms with E-state index in [4.69, 9.17) is 0 Å². The number of hydrogen-bond donors (Lipinski definition) is 2. The molecule has 0 aliphatic heterocycles. The van der Waals surface area contributed by atoms with Gasteiger partial charge in [-0.25, -0.2) is 9.97 Å². The zero-order valence-corrected chi connectivity index (χ0v) is 19.3. The van der Waals surface area contributed by atoms with E-state index >= 15 is 0 Å². The molecule has 0 spiro atoms. The number of benzene rings is 1. The molecular weight excluding hydrogens is 464 g/mol. The highest BCUT2D eigenvalue weighted by molar-refractivity contribution is 7.98. The maximum Gasteiger partial charge on any atom is 0.387 e. The second-order valence-electron chi connectivity index (χ2n) is 7.34. The molecule has 0 aliphatic rings. The van der Waals surface area contributed by atoms with Gasteiger partial charge in [0, 0.05) is 23.8 Å². The SMILES string of the molecule is CN(C)CC(=O)Nc1cc(CSc2ncccc2C(=O)Nc2ccc(OC(F)F)cc2)ccn1. The molecule has 11 heteroatoms. The summed E-state index contributed by atoms with van der Waals surface area (Å²) in [6.45, 7) is -2.67. The molecule has 0 bridgehead atoms. The number of aromatic nitrogens is 2. The Bertz CT molecular complexity index is 1130. The van der Waals surface area contributed by atoms with E-state index in [1.54, 1.807) is 49.6 Å². The summed E-state index contributed by atoms with van der Waals surface area (Å²) >= 11 is 1.36. The molecule has 0 radical (unpaired) electrons. The third kappa shape index (κ3) is 7.78. The molecule has 3 aromatic rings. The van der Waals surface area contributed by atoms with Crippen molar-refractivity contribution in [2.45, 2.75) is 17.4 Å². The van der Waals surface area contributed by atoms with Crippen LogP contribution in [0.3, 0.4) is 0 Å². The molecule has 178 valence electrons. The van der Waals surface area contributed by atoms with Crippen molar-refractivity contribution < 1.29 is 23.1 Å². The summed E-state index contributed by atoms with van der Waals surface area (Å²) in [5, 5.41) is 6.00. The Labute approximate surface area is 199 Å². The molecule has 0 saturated carbocycles. The summed E-state index contributed by atoms with van der Waals surface area (Å²) in [6, 6.07) is 12.5. The van der Waals surface area contributed by atoms with Gasteiger partial charge in [-0.15, -0.1) is 11.8 Å². The molecule has 0 aliphatic carbocycles. The second kappa shape index (κ2) is 12.1. The molecule has 0 unspecified atom stereocenters. The minimum absolute atomic E-state index is 0.000228. The first-order valence-electron chi connectivity index (χ1n) is 10.1. The van der Waals surface area contributed by atoms with Crippen LogP contribution in [0.15, 0.2) is 66.0 Å². The van der Waals surface area contributed by atoms with E-state index < -0.39 is 6.61 Å². The number of thioether (sulfide) groups is 1. The maximum absolute atomic E-state index is 12.8. The van der Waals surface area contributed by atoms with Crippen LogP contribution >= 0.6 is 11.8 Å². The third-order valence-electron chi connectivity index (χ3n) is 4.28. The van der Waals surface area contributed by atoms with Gasteiger partial charge in [0.05, 0.1) is 12.1 Å². The Morgan fingerprint density at radius 1 is 1.06 bits per heavy atom. The van der Waals surface area contributed by atoms with Crippen LogP contribution in [-0.4, -0.2) is 53.9 Å². The summed E-state index contributed by atoms with van der Waals surface area (Å²) in [5.74, 6) is 0.392. The number of nitrogens with zero attached hydrogens (tertiary/aromatic N) is 3. The van der Waals surface area contributed by atoms with E-state index in [1.165, 1.54) is 36.0 Å². The number of amides is 2. The summed E-state index contributed by atoms with van der Waals surface area (Å²) in [4.78, 5) is 35.0. The van der Waals surface area contributed by atoms with Gasteiger partial charge in [-0.1, -0.05) is 0 Å². The van der Waals surface area contributed by atoms with Crippen molar-refractivity contribution in [1.82, 2.24) is 14.9 Å². The smallest absolute Gasteiger partial charge is 0.387 e. The summed E-state index contributed by atoms with van der Waals surface area (Å²) in [6.07, 6.45) is 3.20. The second-order valence-corrected chi connectivity index (χ2v) is 8.30. The van der Waals surface area contributed by atoms with Gasteiger partial charge in [-0.05, 0) is 68.2 Å². The zero-order chi connectivity index (χ0) is 24.5. The Kier molecular flexibility index (Phi) is 8.88. The normalized spacial score (nSPS) is 10.9. The van der Waals surface area contributed by atoms with Gasteiger partial charge in [0.1, 0.15) is 16.6 Å². The van der Waals surface area contributed by atoms with Gasteiger partial charge in [-0.2, -0.15) is 8.78 Å². The quantitative estimate of drug-likeness (QED) is 0.415. The van der Waals surface area contributed by atoms with Crippen molar-refractivity contribution >= 4 is 35.1 Å². The lowest BCUT2D eigenvalue weighted by atomic mass is 10.2. The topological polar surface area (TPSA) is 96.5 Å². The van der Waals surface area contributed by atoms with E-state index in [0.717, 1.165) is 5.56 Å². The highest BCUT2D eigenvalue weighted by atomic mass is 32.2. The fourth-order valence-corrected chi connectivity index (χ4v) is 3.79. The average molecular weight is 488 g/mol. The minimum atomic E-state index is -2.92. The van der Waals surface area contributed by atoms with Crippen LogP contribution in [0, 0.1) is 0 Å². The van der Waals surface area contributed by atoms with Crippen molar-refractivity contribution in [1.29, 1.82) is 0 Å². The lowest BCUT2D eigenvalue weighted by Gasteiger charge is -2.11. The molecule has 8 nitrogen and oxygen atoms in total. The lowest BCUT2D eigenvalue weighted by molar-refractivity contribution is -0.116. The van der Waals surface area contributed by atoms with Crippen molar-refractivity contribution in [2.75, 3.05) is 31.3 Å². The highest BCUT2D eigenvalue weighted by Crippen LogP contribution is 2.26. The molecule has 1 aromatic carbocycles. The van der Waals surface area contributed by atoms with Crippen molar-refractivity contribution in [2.24, 2.45) is 0 Å². The zero-order valence-electron chi connectivity index (χ0n) is 18.5. The van der Waals surface area contributed by atoms with Gasteiger partial charge in [0.2, 0.25) is 5.91 Å². The van der Waals surface area contributed by atoms with Crippen LogP contribution in [0.2, 0.25) is 0 Å². The van der Waals surface area contributed by atoms with Crippen LogP contribution < -0.4 is 15.4 Å². The van der Waals surface area contributed by atoms with E-state index in [2.05, 4.69) is 25.3 Å². The number of rotatable bonds is 10. The Hall–Kier alpha value is -3.57. The van der Waals surface area contributed by atoms with E-state index in [-0.39, 0.29) is 24.1 Å². The van der Waals surface area contributed by atoms with Crippen molar-refractivity contribution in [3.8, 4) is 5.75 Å². The standard InChI is InChI=1S/C23H23F2N5O3S/c1-30(2)13-20(31)29-19-12-15(9-11-26-19)14-34-22-18(4-3-10-27-22)21(32)28-16-5-7-17(8-6-16)33-23(24)25/h3-12,23H,13-14H2,1-2H3,(H,28,32)(H,26,29,31). The minimum Gasteiger partial charge on any atom is -0.435 e. The molecular formula is C23H23F2N5O3S. The fraction of sp³-hybridized carbons (Fsp3) is 0.217. The first-order chi connectivity index (χ1) is 16.3. The van der Waals surface area contributed by atoms with Crippen LogP contribution in [-0.2, 0) is 10.5 Å². The monoisotopic (exact) mass is 487 g/mol. The first kappa shape index (κ1) is 25.1. The van der Waals surface area contributed by atoms with E-state index in [1.807, 2.05) is 6.07 Å². The third-order valence-corrected chi connectivity index (χ3v) is 5.36. The average Bonchev–Trinajstić information content (AvgIpc) is 2.78. The van der Waals surface area contributed by atoms with Gasteiger partial charge in [-0.3, -0.25) is 9.59 Å². The van der Waals surface area contributed by atoms with Crippen LogP contribution in [0.1, 0.15) is 15.9 Å². The number of likely N-dealkylation sites (N-methyl/N-ethyl adjacent to an activating group) is 1. The Morgan fingerprint density at radius 2 is 1.82 bits per heavy atom. The molecule has 2 amide bonds. The molecule has 0 fully saturated rings. The number of anilines is 2. The molecule has 2 aromatic heterocycles. The van der Waals surface area contributed by atoms with Gasteiger partial charge >= 0.3 is 6.61 Å². The Morgan fingerprint density at radius 3 is 2.53 bits per heavy atom. The van der Waals surface area contributed by atoms with Gasteiger partial charge < -0.3 is 20.3 Å². The predicted molar refractivity (Wildman–Crippen MR) is 126 cm³/mol. The van der Waals surface area contributed by atoms with Gasteiger partial charge in [0.25, 0.3) is 5.91 Å². The number of alkyl halides is 2. The number of nitrogens with one attached hydrogen (secondary N) is 2. The molecule has 3 rings (SSSR count). The number of ether oxygens (including phenoxy) is 1. The summed E-state index contributed by atoms with van der Waals surface area (Å²) in [5.41, 5.74) is 1.69.